The number of nitrogens with one attached hydrogen (secondary N) is 1. The molecule has 1 N–H and O–H groups in total. The summed E-state index contributed by atoms with van der Waals surface area (Å²) in [6.45, 7) is 2.85. The molecule has 154 valence electrons. The number of hydrogen-bond donors (Lipinski definition) is 1. The number of halogens is 1. The van der Waals surface area contributed by atoms with Gasteiger partial charge in [0.1, 0.15) is 17.1 Å². The van der Waals surface area contributed by atoms with Crippen molar-refractivity contribution in [1.29, 1.82) is 0 Å². The van der Waals surface area contributed by atoms with Crippen molar-refractivity contribution in [3.05, 3.63) is 64.8 Å². The van der Waals surface area contributed by atoms with E-state index in [4.69, 9.17) is 4.74 Å². The third-order valence-corrected chi connectivity index (χ3v) is 5.24. The van der Waals surface area contributed by atoms with E-state index in [1.165, 1.54) is 27.7 Å². The van der Waals surface area contributed by atoms with Crippen LogP contribution in [0.2, 0.25) is 0 Å². The smallest absolute Gasteiger partial charge is 0.265 e. The van der Waals surface area contributed by atoms with E-state index in [0.717, 1.165) is 0 Å². The van der Waals surface area contributed by atoms with Gasteiger partial charge < -0.3 is 14.6 Å². The molecule has 8 heteroatoms. The number of hydrogen-bond acceptors (Lipinski definition) is 4. The van der Waals surface area contributed by atoms with Gasteiger partial charge in [-0.3, -0.25) is 19.3 Å². The van der Waals surface area contributed by atoms with Crippen molar-refractivity contribution in [2.75, 3.05) is 16.8 Å². The number of pyridine rings is 1. The van der Waals surface area contributed by atoms with E-state index in [1.54, 1.807) is 51.4 Å². The van der Waals surface area contributed by atoms with E-state index >= 15 is 0 Å². The Bertz CT molecular complexity index is 1250. The average Bonchev–Trinajstić information content (AvgIpc) is 2.70. The van der Waals surface area contributed by atoms with Crippen LogP contribution in [0.25, 0.3) is 10.8 Å². The van der Waals surface area contributed by atoms with E-state index in [1.807, 2.05) is 0 Å². The number of benzene rings is 2. The van der Waals surface area contributed by atoms with Crippen LogP contribution in [0.1, 0.15) is 13.8 Å². The van der Waals surface area contributed by atoms with Crippen molar-refractivity contribution < 1.29 is 18.7 Å². The predicted octanol–water partition coefficient (Wildman–Crippen LogP) is 2.82. The molecule has 7 nitrogen and oxygen atoms in total. The fourth-order valence-corrected chi connectivity index (χ4v) is 3.60. The SMILES string of the molecule is Cn1ccc2c(OCC(=O)N3c4ccc(F)cc4NC(=O)C3(C)C)cccc2c1=O. The Hall–Kier alpha value is -3.68. The minimum atomic E-state index is -1.19. The van der Waals surface area contributed by atoms with Crippen molar-refractivity contribution in [1.82, 2.24) is 4.57 Å². The predicted molar refractivity (Wildman–Crippen MR) is 111 cm³/mol. The molecule has 0 unspecified atom stereocenters. The molecule has 0 saturated heterocycles. The van der Waals surface area contributed by atoms with E-state index in [0.29, 0.717) is 22.2 Å². The second kappa shape index (κ2) is 6.98. The van der Waals surface area contributed by atoms with Gasteiger partial charge in [0.25, 0.3) is 11.5 Å². The molecule has 30 heavy (non-hydrogen) atoms. The molecule has 0 atom stereocenters. The Morgan fingerprint density at radius 2 is 1.90 bits per heavy atom. The number of carbonyl (C=O) groups excluding carboxylic acids is 2. The minimum absolute atomic E-state index is 0.172. The maximum absolute atomic E-state index is 13.6. The highest BCUT2D eigenvalue weighted by Crippen LogP contribution is 2.37. The highest BCUT2D eigenvalue weighted by Gasteiger charge is 2.43. The number of rotatable bonds is 3. The van der Waals surface area contributed by atoms with E-state index in [2.05, 4.69) is 5.32 Å². The molecule has 1 aliphatic rings. The lowest BCUT2D eigenvalue weighted by Crippen LogP contribution is -2.59. The van der Waals surface area contributed by atoms with Gasteiger partial charge in [-0.15, -0.1) is 0 Å². The van der Waals surface area contributed by atoms with Crippen LogP contribution in [0.5, 0.6) is 5.75 Å². The largest absolute Gasteiger partial charge is 0.483 e. The van der Waals surface area contributed by atoms with E-state index in [9.17, 15) is 18.8 Å². The second-order valence-corrected chi connectivity index (χ2v) is 7.64. The normalized spacial score (nSPS) is 14.9. The first kappa shape index (κ1) is 19.6. The minimum Gasteiger partial charge on any atom is -0.483 e. The van der Waals surface area contributed by atoms with Gasteiger partial charge in [-0.25, -0.2) is 4.39 Å². The van der Waals surface area contributed by atoms with Crippen LogP contribution in [0, 0.1) is 5.82 Å². The molecule has 3 aromatic rings. The van der Waals surface area contributed by atoms with Gasteiger partial charge in [-0.2, -0.15) is 0 Å². The number of ether oxygens (including phenoxy) is 1. The summed E-state index contributed by atoms with van der Waals surface area (Å²) in [6, 6.07) is 10.6. The first-order valence-corrected chi connectivity index (χ1v) is 9.35. The summed E-state index contributed by atoms with van der Waals surface area (Å²) >= 11 is 0. The van der Waals surface area contributed by atoms with Gasteiger partial charge in [0.05, 0.1) is 16.8 Å². The van der Waals surface area contributed by atoms with E-state index < -0.39 is 23.2 Å². The van der Waals surface area contributed by atoms with Gasteiger partial charge in [-0.05, 0) is 50.2 Å². The molecular formula is C22H20FN3O4. The van der Waals surface area contributed by atoms with Crippen LogP contribution >= 0.6 is 0 Å². The summed E-state index contributed by atoms with van der Waals surface area (Å²) in [4.78, 5) is 39.2. The number of anilines is 2. The van der Waals surface area contributed by atoms with Gasteiger partial charge in [0.2, 0.25) is 5.91 Å². The summed E-state index contributed by atoms with van der Waals surface area (Å²) in [5.74, 6) is -1.03. The number of carbonyl (C=O) groups is 2. The third kappa shape index (κ3) is 3.10. The lowest BCUT2D eigenvalue weighted by Gasteiger charge is -2.41. The average molecular weight is 409 g/mol. The fourth-order valence-electron chi connectivity index (χ4n) is 3.60. The molecule has 4 rings (SSSR count). The lowest BCUT2D eigenvalue weighted by molar-refractivity contribution is -0.127. The monoisotopic (exact) mass is 409 g/mol. The van der Waals surface area contributed by atoms with Crippen LogP contribution in [0.3, 0.4) is 0 Å². The highest BCUT2D eigenvalue weighted by atomic mass is 19.1. The van der Waals surface area contributed by atoms with E-state index in [-0.39, 0.29) is 17.9 Å². The zero-order valence-corrected chi connectivity index (χ0v) is 16.7. The quantitative estimate of drug-likeness (QED) is 0.721. The Balaban J connectivity index is 1.66. The molecule has 0 bridgehead atoms. The zero-order chi connectivity index (χ0) is 21.6. The van der Waals surface area contributed by atoms with Crippen molar-refractivity contribution in [3.63, 3.8) is 0 Å². The molecule has 1 aliphatic heterocycles. The molecule has 0 aliphatic carbocycles. The molecule has 0 radical (unpaired) electrons. The number of aryl methyl sites for hydroxylation is 1. The van der Waals surface area contributed by atoms with Gasteiger partial charge >= 0.3 is 0 Å². The first-order valence-electron chi connectivity index (χ1n) is 9.35. The number of fused-ring (bicyclic) bond motifs is 2. The molecule has 2 heterocycles. The summed E-state index contributed by atoms with van der Waals surface area (Å²) < 4.78 is 20.8. The molecule has 0 spiro atoms. The van der Waals surface area contributed by atoms with Crippen LogP contribution in [0.4, 0.5) is 15.8 Å². The van der Waals surface area contributed by atoms with Gasteiger partial charge in [-0.1, -0.05) is 6.07 Å². The Morgan fingerprint density at radius 3 is 2.67 bits per heavy atom. The number of aromatic nitrogens is 1. The zero-order valence-electron chi connectivity index (χ0n) is 16.7. The highest BCUT2D eigenvalue weighted by molar-refractivity contribution is 6.14. The van der Waals surface area contributed by atoms with Crippen LogP contribution in [-0.4, -0.2) is 28.5 Å². The van der Waals surface area contributed by atoms with Gasteiger partial charge in [0, 0.05) is 18.6 Å². The van der Waals surface area contributed by atoms with Crippen molar-refractivity contribution in [2.24, 2.45) is 7.05 Å². The molecule has 0 fully saturated rings. The summed E-state index contributed by atoms with van der Waals surface area (Å²) in [6.07, 6.45) is 1.63. The standard InChI is InChI=1S/C22H20FN3O4/c1-22(2)21(29)24-16-11-13(23)7-8-17(16)26(22)19(27)12-30-18-6-4-5-15-14(18)9-10-25(3)20(15)28/h4-11H,12H2,1-3H3,(H,24,29). The fraction of sp³-hybridized carbons (Fsp3) is 0.227. The molecule has 1 aromatic heterocycles. The molecule has 0 saturated carbocycles. The van der Waals surface area contributed by atoms with Crippen molar-refractivity contribution in [3.8, 4) is 5.75 Å². The first-order chi connectivity index (χ1) is 14.2. The van der Waals surface area contributed by atoms with Crippen LogP contribution in [0.15, 0.2) is 53.5 Å². The Kier molecular flexibility index (Phi) is 4.57. The molecular weight excluding hydrogens is 389 g/mol. The number of nitrogens with zero attached hydrogens (tertiary/aromatic N) is 2. The molecule has 2 amide bonds. The van der Waals surface area contributed by atoms with Crippen LogP contribution < -0.4 is 20.5 Å². The summed E-state index contributed by atoms with van der Waals surface area (Å²) in [5.41, 5.74) is -0.753. The Labute approximate surface area is 171 Å². The Morgan fingerprint density at radius 1 is 1.13 bits per heavy atom. The topological polar surface area (TPSA) is 80.6 Å². The lowest BCUT2D eigenvalue weighted by atomic mass is 9.96. The summed E-state index contributed by atoms with van der Waals surface area (Å²) in [7, 11) is 1.66. The van der Waals surface area contributed by atoms with Gasteiger partial charge in [0.15, 0.2) is 6.61 Å². The van der Waals surface area contributed by atoms with Crippen LogP contribution in [-0.2, 0) is 16.6 Å². The second-order valence-electron chi connectivity index (χ2n) is 7.64. The maximum atomic E-state index is 13.6. The maximum Gasteiger partial charge on any atom is 0.265 e. The number of amides is 2. The third-order valence-electron chi connectivity index (χ3n) is 5.24. The van der Waals surface area contributed by atoms with Crippen molar-refractivity contribution >= 4 is 34.0 Å². The summed E-state index contributed by atoms with van der Waals surface area (Å²) in [5, 5.41) is 3.70. The molecule has 2 aromatic carbocycles. The van der Waals surface area contributed by atoms with Crippen molar-refractivity contribution in [2.45, 2.75) is 19.4 Å².